The lowest BCUT2D eigenvalue weighted by molar-refractivity contribution is 0.329. The Labute approximate surface area is 431 Å². The number of benzene rings is 8. The summed E-state index contributed by atoms with van der Waals surface area (Å²) in [6.45, 7) is 0. The van der Waals surface area contributed by atoms with E-state index in [-0.39, 0.29) is 0 Å². The Morgan fingerprint density at radius 2 is 0.370 bits per heavy atom. The van der Waals surface area contributed by atoms with Crippen molar-refractivity contribution >= 4 is 0 Å². The summed E-state index contributed by atoms with van der Waals surface area (Å²) in [4.78, 5) is 0. The van der Waals surface area contributed by atoms with Crippen molar-refractivity contribution in [2.45, 2.75) is 5.41 Å². The quantitative estimate of drug-likeness (QED) is 0.0653. The van der Waals surface area contributed by atoms with E-state index in [1.54, 1.807) is 0 Å². The molecule has 0 N–H and O–H groups in total. The molecule has 8 rings (SSSR count). The van der Waals surface area contributed by atoms with Gasteiger partial charge in [-0.2, -0.15) is 17.6 Å². The third kappa shape index (κ3) is 9.79. The maximum Gasteiger partial charge on any atom is 0.204 e. The normalized spacial score (nSPS) is 11.3. The Hall–Kier alpha value is -8.60. The zero-order chi connectivity index (χ0) is 60.9. The minimum atomic E-state index is -3.21. The number of hydrogen-bond acceptors (Lipinski definition) is 2. The van der Waals surface area contributed by atoms with Crippen molar-refractivity contribution in [1.82, 2.24) is 0 Å². The zero-order valence-corrected chi connectivity index (χ0v) is 38.7. The van der Waals surface area contributed by atoms with Gasteiger partial charge < -0.3 is 9.47 Å². The molecule has 0 unspecified atom stereocenters. The Morgan fingerprint density at radius 1 is 0.210 bits per heavy atom. The van der Waals surface area contributed by atoms with Crippen molar-refractivity contribution in [2.75, 3.05) is 14.2 Å². The third-order valence-electron chi connectivity index (χ3n) is 11.4. The fourth-order valence-electron chi connectivity index (χ4n) is 7.78. The first-order valence-electron chi connectivity index (χ1n) is 20.8. The van der Waals surface area contributed by atoms with Crippen molar-refractivity contribution in [2.24, 2.45) is 0 Å². The number of methoxy groups -OCH3 is 2. The van der Waals surface area contributed by atoms with Gasteiger partial charge in [0.1, 0.15) is 0 Å². The number of ether oxygens (including phenoxy) is 2. The summed E-state index contributed by atoms with van der Waals surface area (Å²) in [6, 6.07) is 11.4. The lowest BCUT2D eigenvalue weighted by atomic mass is 9.64. The lowest BCUT2D eigenvalue weighted by Crippen LogP contribution is -2.37. The summed E-state index contributed by atoms with van der Waals surface area (Å²) in [5.41, 5.74) is -16.4. The summed E-state index contributed by atoms with van der Waals surface area (Å²) >= 11 is 0. The third-order valence-corrected chi connectivity index (χ3v) is 11.4. The van der Waals surface area contributed by atoms with E-state index in [1.807, 2.05) is 0 Å². The lowest BCUT2D eigenvalue weighted by Gasteiger charge is -2.37. The Bertz CT molecular complexity index is 3410. The van der Waals surface area contributed by atoms with E-state index in [4.69, 9.17) is 0 Å². The van der Waals surface area contributed by atoms with Crippen LogP contribution >= 0.6 is 0 Å². The highest BCUT2D eigenvalue weighted by Gasteiger charge is 2.51. The highest BCUT2D eigenvalue weighted by Crippen LogP contribution is 2.51. The van der Waals surface area contributed by atoms with Crippen LogP contribution in [0.5, 0.6) is 11.5 Å². The molecule has 8 aromatic carbocycles. The molecule has 2 nitrogen and oxygen atoms in total. The molecule has 0 aliphatic carbocycles. The predicted octanol–water partition coefficient (Wildman–Crippen LogP) is 16.7. The Morgan fingerprint density at radius 3 is 0.556 bits per heavy atom. The summed E-state index contributed by atoms with van der Waals surface area (Å²) in [7, 11) is 1.35. The topological polar surface area (TPSA) is 18.5 Å². The maximum absolute atomic E-state index is 15.3. The fraction of sp³-hybridized carbons (Fsp3) is 0.0588. The summed E-state index contributed by atoms with van der Waals surface area (Å²) in [5.74, 6) is -72.5. The van der Waals surface area contributed by atoms with Gasteiger partial charge in [-0.05, 0) is 11.1 Å². The molecule has 0 heterocycles. The van der Waals surface area contributed by atoms with Gasteiger partial charge in [-0.1, -0.05) is 60.7 Å². The number of rotatable bonds is 8. The number of halogens is 28. The van der Waals surface area contributed by atoms with Gasteiger partial charge in [0.05, 0.1) is 41.9 Å². The predicted molar refractivity (Wildman–Crippen MR) is 220 cm³/mol. The highest BCUT2D eigenvalue weighted by atomic mass is 19.2. The monoisotopic (exact) mass is 1190 g/mol. The standard InChI is InChI=1S/C25H10F10.C14H6F8O2.C12F10/c26-15-13(16(27)20(31)23(34)19(15)30)25(11-7-3-1-4-8-11,12-9-5-2-6-10-12)14-17(28)21(32)24(35)22(33)18(14)29;1-23-13-9(19)5(15)3(6(16)10(13)20)4-7(17)11(21)14(24-2)12(22)8(4)18;13-3-1(4(14)8(18)11(21)7(3)17)2-5(15)9(19)12(22)10(20)6(2)16/h1-10H;1-2H3;. The molecule has 0 saturated heterocycles. The van der Waals surface area contributed by atoms with E-state index in [2.05, 4.69) is 9.47 Å². The van der Waals surface area contributed by atoms with Crippen LogP contribution in [-0.4, -0.2) is 14.2 Å². The number of hydrogen-bond donors (Lipinski definition) is 0. The Balaban J connectivity index is 0.000000203. The molecule has 0 saturated carbocycles. The molecule has 8 aromatic rings. The molecule has 0 spiro atoms. The average Bonchev–Trinajstić information content (AvgIpc) is 3.60. The molecule has 0 radical (unpaired) electrons. The SMILES string of the molecule is COc1c(F)c(F)c(-c2c(F)c(F)c(OC)c(F)c2F)c(F)c1F.Fc1c(F)c(F)c(-c2c(F)c(F)c(F)c(F)c2F)c(F)c1F.Fc1c(F)c(F)c(C(c2ccccc2)(c2ccccc2)c2c(F)c(F)c(F)c(F)c2F)c(F)c1F. The molecule has 0 atom stereocenters. The van der Waals surface area contributed by atoms with Crippen LogP contribution < -0.4 is 9.47 Å². The molecule has 0 aromatic heterocycles. The van der Waals surface area contributed by atoms with Crippen LogP contribution in [-0.2, 0) is 5.41 Å². The summed E-state index contributed by atoms with van der Waals surface area (Å²) in [5, 5.41) is 0. The van der Waals surface area contributed by atoms with Crippen LogP contribution in [0.3, 0.4) is 0 Å². The molecular weight excluding hydrogens is 1180 g/mol. The van der Waals surface area contributed by atoms with Crippen LogP contribution in [0.4, 0.5) is 123 Å². The van der Waals surface area contributed by atoms with Crippen molar-refractivity contribution in [3.63, 3.8) is 0 Å². The van der Waals surface area contributed by atoms with Gasteiger partial charge in [-0.15, -0.1) is 0 Å². The van der Waals surface area contributed by atoms with Gasteiger partial charge in [0, 0.05) is 11.1 Å². The van der Waals surface area contributed by atoms with Gasteiger partial charge in [-0.25, -0.2) is 105 Å². The van der Waals surface area contributed by atoms with Crippen molar-refractivity contribution in [3.05, 3.63) is 246 Å². The highest BCUT2D eigenvalue weighted by molar-refractivity contribution is 5.70. The van der Waals surface area contributed by atoms with Crippen molar-refractivity contribution in [1.29, 1.82) is 0 Å². The second-order valence-electron chi connectivity index (χ2n) is 15.6. The fourth-order valence-corrected chi connectivity index (χ4v) is 7.78. The molecular formula is C51H16F28O2. The maximum atomic E-state index is 15.3. The molecule has 0 aliphatic rings. The van der Waals surface area contributed by atoms with Gasteiger partial charge in [-0.3, -0.25) is 0 Å². The molecule has 30 heteroatoms. The summed E-state index contributed by atoms with van der Waals surface area (Å²) in [6.07, 6.45) is 0. The van der Waals surface area contributed by atoms with Crippen molar-refractivity contribution < 1.29 is 132 Å². The molecule has 0 amide bonds. The first-order valence-corrected chi connectivity index (χ1v) is 20.8. The van der Waals surface area contributed by atoms with Crippen LogP contribution in [0.25, 0.3) is 22.3 Å². The largest absolute Gasteiger partial charge is 0.491 e. The smallest absolute Gasteiger partial charge is 0.204 e. The van der Waals surface area contributed by atoms with Crippen molar-refractivity contribution in [3.8, 4) is 33.8 Å². The van der Waals surface area contributed by atoms with Crippen LogP contribution in [0, 0.1) is 163 Å². The average molecular weight is 1190 g/mol. The molecule has 81 heavy (non-hydrogen) atoms. The second-order valence-corrected chi connectivity index (χ2v) is 15.6. The van der Waals surface area contributed by atoms with Gasteiger partial charge in [0.2, 0.25) is 46.5 Å². The molecule has 428 valence electrons. The zero-order valence-electron chi connectivity index (χ0n) is 38.7. The summed E-state index contributed by atoms with van der Waals surface area (Å²) < 4.78 is 396. The van der Waals surface area contributed by atoms with Gasteiger partial charge >= 0.3 is 0 Å². The first kappa shape index (κ1) is 61.6. The molecule has 0 aliphatic heterocycles. The first-order chi connectivity index (χ1) is 37.9. The van der Waals surface area contributed by atoms with E-state index >= 15 is 17.6 Å². The minimum Gasteiger partial charge on any atom is -0.491 e. The van der Waals surface area contributed by atoms with Crippen LogP contribution in [0.15, 0.2) is 60.7 Å². The Kier molecular flexibility index (Phi) is 17.7. The van der Waals surface area contributed by atoms with E-state index in [1.165, 1.54) is 36.4 Å². The molecule has 0 fully saturated rings. The van der Waals surface area contributed by atoms with Gasteiger partial charge in [0.25, 0.3) is 0 Å². The molecule has 0 bridgehead atoms. The van der Waals surface area contributed by atoms with Gasteiger partial charge in [0.15, 0.2) is 128 Å². The van der Waals surface area contributed by atoms with E-state index < -0.39 is 224 Å². The van der Waals surface area contributed by atoms with Crippen LogP contribution in [0.1, 0.15) is 22.3 Å². The second kappa shape index (κ2) is 23.2. The minimum absolute atomic E-state index is 0.544. The van der Waals surface area contributed by atoms with E-state index in [0.717, 1.165) is 24.3 Å². The van der Waals surface area contributed by atoms with E-state index in [9.17, 15) is 105 Å². The van der Waals surface area contributed by atoms with Crippen LogP contribution in [0.2, 0.25) is 0 Å². The van der Waals surface area contributed by atoms with E-state index in [0.29, 0.717) is 14.2 Å².